The van der Waals surface area contributed by atoms with Crippen LogP contribution in [0.5, 0.6) is 5.75 Å². The molecular formula is C11H14BrNO3. The summed E-state index contributed by atoms with van der Waals surface area (Å²) in [7, 11) is 0. The Bertz CT molecular complexity index is 399. The van der Waals surface area contributed by atoms with Gasteiger partial charge in [-0.2, -0.15) is 0 Å². The van der Waals surface area contributed by atoms with E-state index in [1.807, 2.05) is 0 Å². The van der Waals surface area contributed by atoms with Crippen LogP contribution < -0.4 is 5.32 Å². The van der Waals surface area contributed by atoms with Crippen molar-refractivity contribution in [3.8, 4) is 5.75 Å². The smallest absolute Gasteiger partial charge is 0.255 e. The number of nitrogens with one attached hydrogen (secondary N) is 1. The largest absolute Gasteiger partial charge is 0.507 e. The highest BCUT2D eigenvalue weighted by molar-refractivity contribution is 9.10. The molecular weight excluding hydrogens is 274 g/mol. The van der Waals surface area contributed by atoms with Crippen LogP contribution in [0.25, 0.3) is 0 Å². The van der Waals surface area contributed by atoms with Crippen molar-refractivity contribution in [2.75, 3.05) is 6.54 Å². The number of rotatable bonds is 3. The number of phenolic OH excluding ortho intramolecular Hbond substituents is 1. The van der Waals surface area contributed by atoms with Crippen LogP contribution >= 0.6 is 15.9 Å². The lowest BCUT2D eigenvalue weighted by molar-refractivity contribution is 0.0693. The highest BCUT2D eigenvalue weighted by atomic mass is 79.9. The van der Waals surface area contributed by atoms with Crippen molar-refractivity contribution in [3.05, 3.63) is 28.2 Å². The van der Waals surface area contributed by atoms with Crippen LogP contribution in [0, 0.1) is 0 Å². The Hall–Kier alpha value is -1.07. The highest BCUT2D eigenvalue weighted by Gasteiger charge is 2.16. The molecule has 1 amide bonds. The molecule has 0 aromatic heterocycles. The van der Waals surface area contributed by atoms with E-state index in [9.17, 15) is 15.0 Å². The molecule has 0 saturated heterocycles. The average Bonchev–Trinajstić information content (AvgIpc) is 2.17. The van der Waals surface area contributed by atoms with Gasteiger partial charge < -0.3 is 15.5 Å². The Morgan fingerprint density at radius 3 is 2.69 bits per heavy atom. The maximum absolute atomic E-state index is 11.7. The molecule has 0 heterocycles. The number of carbonyl (C=O) groups is 1. The van der Waals surface area contributed by atoms with Gasteiger partial charge in [0.25, 0.3) is 5.91 Å². The van der Waals surface area contributed by atoms with Gasteiger partial charge in [0.15, 0.2) is 0 Å². The lowest BCUT2D eigenvalue weighted by atomic mass is 10.1. The monoisotopic (exact) mass is 287 g/mol. The molecule has 0 atom stereocenters. The molecule has 1 rings (SSSR count). The Labute approximate surface area is 102 Å². The van der Waals surface area contributed by atoms with Gasteiger partial charge in [0.05, 0.1) is 11.2 Å². The Kier molecular flexibility index (Phi) is 3.93. The lowest BCUT2D eigenvalue weighted by Gasteiger charge is -2.17. The molecule has 0 saturated carbocycles. The first-order valence-corrected chi connectivity index (χ1v) is 5.58. The summed E-state index contributed by atoms with van der Waals surface area (Å²) in [4.78, 5) is 11.7. The average molecular weight is 288 g/mol. The maximum atomic E-state index is 11.7. The summed E-state index contributed by atoms with van der Waals surface area (Å²) < 4.78 is 0.707. The van der Waals surface area contributed by atoms with E-state index in [-0.39, 0.29) is 17.9 Å². The third-order valence-electron chi connectivity index (χ3n) is 1.88. The number of aliphatic hydroxyl groups is 1. The number of benzene rings is 1. The van der Waals surface area contributed by atoms with E-state index < -0.39 is 11.5 Å². The molecule has 0 aliphatic heterocycles. The normalized spacial score (nSPS) is 11.2. The van der Waals surface area contributed by atoms with E-state index in [0.717, 1.165) is 0 Å². The van der Waals surface area contributed by atoms with Crippen LogP contribution in [0.1, 0.15) is 24.2 Å². The van der Waals surface area contributed by atoms with E-state index in [2.05, 4.69) is 21.2 Å². The summed E-state index contributed by atoms with van der Waals surface area (Å²) in [5, 5.41) is 21.5. The van der Waals surface area contributed by atoms with Gasteiger partial charge in [-0.05, 0) is 32.0 Å². The Morgan fingerprint density at radius 2 is 2.12 bits per heavy atom. The van der Waals surface area contributed by atoms with Crippen molar-refractivity contribution in [2.45, 2.75) is 19.4 Å². The summed E-state index contributed by atoms with van der Waals surface area (Å²) in [6, 6.07) is 4.60. The quantitative estimate of drug-likeness (QED) is 0.792. The van der Waals surface area contributed by atoms with Crippen LogP contribution in [0.3, 0.4) is 0 Å². The topological polar surface area (TPSA) is 69.6 Å². The van der Waals surface area contributed by atoms with Gasteiger partial charge in [-0.1, -0.05) is 15.9 Å². The fraction of sp³-hybridized carbons (Fsp3) is 0.364. The standard InChI is InChI=1S/C11H14BrNO3/c1-11(2,16)6-13-10(15)8-5-7(12)3-4-9(8)14/h3-5,14,16H,6H2,1-2H3,(H,13,15). The minimum atomic E-state index is -0.975. The van der Waals surface area contributed by atoms with Gasteiger partial charge >= 0.3 is 0 Å². The third kappa shape index (κ3) is 3.83. The second kappa shape index (κ2) is 4.84. The molecule has 88 valence electrons. The van der Waals surface area contributed by atoms with Gasteiger partial charge in [-0.15, -0.1) is 0 Å². The molecule has 0 unspecified atom stereocenters. The lowest BCUT2D eigenvalue weighted by Crippen LogP contribution is -2.38. The molecule has 0 aliphatic carbocycles. The number of amides is 1. The zero-order valence-corrected chi connectivity index (χ0v) is 10.7. The summed E-state index contributed by atoms with van der Waals surface area (Å²) >= 11 is 3.21. The zero-order chi connectivity index (χ0) is 12.3. The third-order valence-corrected chi connectivity index (χ3v) is 2.38. The first-order chi connectivity index (χ1) is 7.29. The van der Waals surface area contributed by atoms with E-state index in [0.29, 0.717) is 4.47 Å². The maximum Gasteiger partial charge on any atom is 0.255 e. The summed E-state index contributed by atoms with van der Waals surface area (Å²) in [6.07, 6.45) is 0. The summed E-state index contributed by atoms with van der Waals surface area (Å²) in [6.45, 7) is 3.31. The van der Waals surface area contributed by atoms with E-state index >= 15 is 0 Å². The fourth-order valence-corrected chi connectivity index (χ4v) is 1.44. The molecule has 0 aliphatic rings. The molecule has 0 spiro atoms. The van der Waals surface area contributed by atoms with Gasteiger partial charge in [-0.3, -0.25) is 4.79 Å². The van der Waals surface area contributed by atoms with Crippen molar-refractivity contribution in [3.63, 3.8) is 0 Å². The van der Waals surface area contributed by atoms with Crippen LogP contribution in [0.2, 0.25) is 0 Å². The van der Waals surface area contributed by atoms with Gasteiger partial charge in [0, 0.05) is 11.0 Å². The first-order valence-electron chi connectivity index (χ1n) is 4.79. The van der Waals surface area contributed by atoms with Crippen LogP contribution in [0.15, 0.2) is 22.7 Å². The molecule has 16 heavy (non-hydrogen) atoms. The number of halogens is 1. The number of phenols is 1. The van der Waals surface area contributed by atoms with E-state index in [1.54, 1.807) is 19.9 Å². The zero-order valence-electron chi connectivity index (χ0n) is 9.12. The van der Waals surface area contributed by atoms with Crippen molar-refractivity contribution in [1.82, 2.24) is 5.32 Å². The Balaban J connectivity index is 2.77. The molecule has 0 fully saturated rings. The fourth-order valence-electron chi connectivity index (χ4n) is 1.08. The van der Waals surface area contributed by atoms with Crippen LogP contribution in [-0.4, -0.2) is 28.3 Å². The predicted octanol–water partition coefficient (Wildman–Crippen LogP) is 1.66. The minimum absolute atomic E-state index is 0.0866. The highest BCUT2D eigenvalue weighted by Crippen LogP contribution is 2.21. The SMILES string of the molecule is CC(C)(O)CNC(=O)c1cc(Br)ccc1O. The predicted molar refractivity (Wildman–Crippen MR) is 64.4 cm³/mol. The molecule has 4 nitrogen and oxygen atoms in total. The molecule has 3 N–H and O–H groups in total. The molecule has 0 radical (unpaired) electrons. The van der Waals surface area contributed by atoms with Gasteiger partial charge in [-0.25, -0.2) is 0 Å². The van der Waals surface area contributed by atoms with Crippen molar-refractivity contribution in [1.29, 1.82) is 0 Å². The molecule has 1 aromatic carbocycles. The summed E-state index contributed by atoms with van der Waals surface area (Å²) in [5.74, 6) is -0.502. The Morgan fingerprint density at radius 1 is 1.50 bits per heavy atom. The molecule has 0 bridgehead atoms. The second-order valence-electron chi connectivity index (χ2n) is 4.16. The van der Waals surface area contributed by atoms with Crippen molar-refractivity contribution < 1.29 is 15.0 Å². The minimum Gasteiger partial charge on any atom is -0.507 e. The van der Waals surface area contributed by atoms with Crippen LogP contribution in [0.4, 0.5) is 0 Å². The van der Waals surface area contributed by atoms with Crippen LogP contribution in [-0.2, 0) is 0 Å². The van der Waals surface area contributed by atoms with Crippen molar-refractivity contribution >= 4 is 21.8 Å². The van der Waals surface area contributed by atoms with Gasteiger partial charge in [0.2, 0.25) is 0 Å². The number of carbonyl (C=O) groups excluding carboxylic acids is 1. The number of aromatic hydroxyl groups is 1. The molecule has 1 aromatic rings. The molecule has 5 heteroatoms. The van der Waals surface area contributed by atoms with Gasteiger partial charge in [0.1, 0.15) is 5.75 Å². The first kappa shape index (κ1) is 13.0. The second-order valence-corrected chi connectivity index (χ2v) is 5.07. The summed E-state index contributed by atoms with van der Waals surface area (Å²) in [5.41, 5.74) is -0.796. The number of hydrogen-bond donors (Lipinski definition) is 3. The van der Waals surface area contributed by atoms with E-state index in [4.69, 9.17) is 0 Å². The number of hydrogen-bond acceptors (Lipinski definition) is 3. The van der Waals surface area contributed by atoms with E-state index in [1.165, 1.54) is 12.1 Å². The van der Waals surface area contributed by atoms with Crippen molar-refractivity contribution in [2.24, 2.45) is 0 Å².